The van der Waals surface area contributed by atoms with Gasteiger partial charge in [-0.2, -0.15) is 0 Å². The van der Waals surface area contributed by atoms with Gasteiger partial charge in [0.15, 0.2) is 18.1 Å². The second-order valence-corrected chi connectivity index (χ2v) is 10.4. The number of imide groups is 1. The van der Waals surface area contributed by atoms with Crippen molar-refractivity contribution in [3.05, 3.63) is 106 Å². The zero-order valence-electron chi connectivity index (χ0n) is 22.4. The van der Waals surface area contributed by atoms with Gasteiger partial charge in [0.1, 0.15) is 0 Å². The Bertz CT molecular complexity index is 1660. The van der Waals surface area contributed by atoms with Gasteiger partial charge < -0.3 is 14.8 Å². The third kappa shape index (κ3) is 5.87. The SMILES string of the molecule is COc1cc(/C=C2/SC(=O)N(Cc3cccc4ccccc34)C2=O)ccc1OCC(=O)Nc1ccc(C)c(C)c1. The van der Waals surface area contributed by atoms with Gasteiger partial charge in [0.25, 0.3) is 17.1 Å². The standard InChI is InChI=1S/C32H28N2O5S/c1-20-11-13-25(15-21(20)2)33-30(35)19-39-27-14-12-22(16-28(27)38-3)17-29-31(36)34(32(37)40-29)18-24-9-6-8-23-7-4-5-10-26(23)24/h4-17H,18-19H2,1-3H3,(H,33,35)/b29-17+. The lowest BCUT2D eigenvalue weighted by atomic mass is 10.0. The highest BCUT2D eigenvalue weighted by molar-refractivity contribution is 8.18. The summed E-state index contributed by atoms with van der Waals surface area (Å²) in [7, 11) is 1.50. The second-order valence-electron chi connectivity index (χ2n) is 9.45. The number of nitrogens with zero attached hydrogens (tertiary/aromatic N) is 1. The molecule has 1 aliphatic rings. The number of carbonyl (C=O) groups is 3. The van der Waals surface area contributed by atoms with E-state index in [0.29, 0.717) is 27.7 Å². The Morgan fingerprint density at radius 2 is 1.73 bits per heavy atom. The molecule has 1 N–H and O–H groups in total. The molecule has 0 aromatic heterocycles. The van der Waals surface area contributed by atoms with Gasteiger partial charge in [-0.05, 0) is 89.0 Å². The monoisotopic (exact) mass is 552 g/mol. The second kappa shape index (κ2) is 11.7. The van der Waals surface area contributed by atoms with E-state index in [1.807, 2.05) is 74.5 Å². The van der Waals surface area contributed by atoms with E-state index in [-0.39, 0.29) is 30.2 Å². The number of nitrogens with one attached hydrogen (secondary N) is 1. The minimum Gasteiger partial charge on any atom is -0.493 e. The number of ether oxygens (including phenoxy) is 2. The van der Waals surface area contributed by atoms with Crippen LogP contribution in [0.2, 0.25) is 0 Å². The van der Waals surface area contributed by atoms with Gasteiger partial charge in [-0.1, -0.05) is 54.6 Å². The number of hydrogen-bond acceptors (Lipinski definition) is 6. The minimum atomic E-state index is -0.342. The molecule has 0 aliphatic carbocycles. The van der Waals surface area contributed by atoms with Crippen LogP contribution in [0.3, 0.4) is 0 Å². The molecule has 1 aliphatic heterocycles. The Hall–Kier alpha value is -4.56. The van der Waals surface area contributed by atoms with E-state index in [9.17, 15) is 14.4 Å². The van der Waals surface area contributed by atoms with E-state index in [0.717, 1.165) is 39.2 Å². The van der Waals surface area contributed by atoms with Gasteiger partial charge in [0.05, 0.1) is 18.6 Å². The minimum absolute atomic E-state index is 0.198. The fraction of sp³-hybridized carbons (Fsp3) is 0.156. The third-order valence-corrected chi connectivity index (χ3v) is 7.62. The average Bonchev–Trinajstić information content (AvgIpc) is 3.21. The summed E-state index contributed by atoms with van der Waals surface area (Å²) in [4.78, 5) is 39.9. The number of carbonyl (C=O) groups excluding carboxylic acids is 3. The predicted molar refractivity (Wildman–Crippen MR) is 158 cm³/mol. The van der Waals surface area contributed by atoms with Crippen LogP contribution in [0, 0.1) is 13.8 Å². The molecule has 0 unspecified atom stereocenters. The van der Waals surface area contributed by atoms with Crippen molar-refractivity contribution in [3.63, 3.8) is 0 Å². The van der Waals surface area contributed by atoms with E-state index in [2.05, 4.69) is 5.32 Å². The van der Waals surface area contributed by atoms with Crippen molar-refractivity contribution < 1.29 is 23.9 Å². The molecule has 5 rings (SSSR count). The Kier molecular flexibility index (Phi) is 7.89. The smallest absolute Gasteiger partial charge is 0.293 e. The molecule has 202 valence electrons. The van der Waals surface area contributed by atoms with Gasteiger partial charge in [-0.25, -0.2) is 0 Å². The molecular formula is C32H28N2O5S. The molecule has 3 amide bonds. The maximum Gasteiger partial charge on any atom is 0.293 e. The molecule has 0 radical (unpaired) electrons. The number of benzene rings is 4. The summed E-state index contributed by atoms with van der Waals surface area (Å²) in [5.41, 5.74) is 4.51. The summed E-state index contributed by atoms with van der Waals surface area (Å²) in [5, 5.41) is 4.58. The lowest BCUT2D eigenvalue weighted by Gasteiger charge is -2.14. The van der Waals surface area contributed by atoms with Crippen LogP contribution in [0.25, 0.3) is 16.8 Å². The van der Waals surface area contributed by atoms with Gasteiger partial charge in [0, 0.05) is 5.69 Å². The number of fused-ring (bicyclic) bond motifs is 1. The number of hydrogen-bond donors (Lipinski definition) is 1. The molecule has 4 aromatic rings. The van der Waals surface area contributed by atoms with Crippen LogP contribution >= 0.6 is 11.8 Å². The molecule has 0 spiro atoms. The van der Waals surface area contributed by atoms with Crippen molar-refractivity contribution in [1.29, 1.82) is 0 Å². The predicted octanol–water partition coefficient (Wildman–Crippen LogP) is 6.72. The Labute approximate surface area is 236 Å². The summed E-state index contributed by atoms with van der Waals surface area (Å²) in [5.74, 6) is 0.154. The van der Waals surface area contributed by atoms with Gasteiger partial charge in [-0.15, -0.1) is 0 Å². The van der Waals surface area contributed by atoms with Crippen molar-refractivity contribution in [2.75, 3.05) is 19.0 Å². The first-order valence-electron chi connectivity index (χ1n) is 12.7. The van der Waals surface area contributed by atoms with E-state index in [1.54, 1.807) is 24.3 Å². The van der Waals surface area contributed by atoms with Crippen LogP contribution in [0.15, 0.2) is 83.8 Å². The molecule has 0 saturated carbocycles. The first kappa shape index (κ1) is 27.0. The maximum absolute atomic E-state index is 13.2. The molecule has 40 heavy (non-hydrogen) atoms. The first-order valence-corrected chi connectivity index (χ1v) is 13.5. The van der Waals surface area contributed by atoms with Crippen molar-refractivity contribution >= 4 is 51.4 Å². The van der Waals surface area contributed by atoms with Crippen LogP contribution in [-0.2, 0) is 16.1 Å². The van der Waals surface area contributed by atoms with Crippen LogP contribution in [0.5, 0.6) is 11.5 Å². The molecule has 4 aromatic carbocycles. The largest absolute Gasteiger partial charge is 0.493 e. The average molecular weight is 553 g/mol. The highest BCUT2D eigenvalue weighted by atomic mass is 32.2. The van der Waals surface area contributed by atoms with E-state index >= 15 is 0 Å². The van der Waals surface area contributed by atoms with Crippen molar-refractivity contribution in [2.45, 2.75) is 20.4 Å². The normalized spacial score (nSPS) is 14.2. The number of rotatable bonds is 8. The first-order chi connectivity index (χ1) is 19.3. The van der Waals surface area contributed by atoms with E-state index in [4.69, 9.17) is 9.47 Å². The number of thioether (sulfide) groups is 1. The van der Waals surface area contributed by atoms with Gasteiger partial charge >= 0.3 is 0 Å². The molecular weight excluding hydrogens is 524 g/mol. The molecule has 0 atom stereocenters. The Morgan fingerprint density at radius 1 is 0.925 bits per heavy atom. The quantitative estimate of drug-likeness (QED) is 0.244. The molecule has 8 heteroatoms. The van der Waals surface area contributed by atoms with Crippen molar-refractivity contribution in [2.24, 2.45) is 0 Å². The summed E-state index contributed by atoms with van der Waals surface area (Å²) in [6.45, 7) is 4.00. The molecule has 1 fully saturated rings. The maximum atomic E-state index is 13.2. The van der Waals surface area contributed by atoms with Crippen LogP contribution in [0.4, 0.5) is 10.5 Å². The molecule has 1 saturated heterocycles. The summed E-state index contributed by atoms with van der Waals surface area (Å²) in [6.07, 6.45) is 1.66. The summed E-state index contributed by atoms with van der Waals surface area (Å²) < 4.78 is 11.2. The van der Waals surface area contributed by atoms with E-state index in [1.165, 1.54) is 12.0 Å². The van der Waals surface area contributed by atoms with Crippen LogP contribution < -0.4 is 14.8 Å². The van der Waals surface area contributed by atoms with Gasteiger partial charge in [-0.3, -0.25) is 19.3 Å². The molecule has 0 bridgehead atoms. The molecule has 1 heterocycles. The highest BCUT2D eigenvalue weighted by Gasteiger charge is 2.35. The lowest BCUT2D eigenvalue weighted by molar-refractivity contribution is -0.123. The number of methoxy groups -OCH3 is 1. The molecule has 7 nitrogen and oxygen atoms in total. The van der Waals surface area contributed by atoms with E-state index < -0.39 is 0 Å². The van der Waals surface area contributed by atoms with Crippen LogP contribution in [0.1, 0.15) is 22.3 Å². The number of anilines is 1. The Morgan fingerprint density at radius 3 is 2.52 bits per heavy atom. The number of aryl methyl sites for hydroxylation is 2. The Balaban J connectivity index is 1.26. The zero-order chi connectivity index (χ0) is 28.2. The zero-order valence-corrected chi connectivity index (χ0v) is 23.2. The fourth-order valence-corrected chi connectivity index (χ4v) is 5.28. The topological polar surface area (TPSA) is 84.9 Å². The lowest BCUT2D eigenvalue weighted by Crippen LogP contribution is -2.27. The summed E-state index contributed by atoms with van der Waals surface area (Å²) >= 11 is 0.909. The highest BCUT2D eigenvalue weighted by Crippen LogP contribution is 2.36. The fourth-order valence-electron chi connectivity index (χ4n) is 4.44. The van der Waals surface area contributed by atoms with Gasteiger partial charge in [0.2, 0.25) is 0 Å². The van der Waals surface area contributed by atoms with Crippen molar-refractivity contribution in [1.82, 2.24) is 4.90 Å². The van der Waals surface area contributed by atoms with Crippen LogP contribution in [-0.4, -0.2) is 35.7 Å². The van der Waals surface area contributed by atoms with Crippen molar-refractivity contribution in [3.8, 4) is 11.5 Å². The number of amides is 3. The summed E-state index contributed by atoms with van der Waals surface area (Å²) in [6, 6.07) is 24.6. The third-order valence-electron chi connectivity index (χ3n) is 6.72.